The van der Waals surface area contributed by atoms with Crippen molar-refractivity contribution in [3.05, 3.63) is 65.2 Å². The fourth-order valence-corrected chi connectivity index (χ4v) is 3.88. The lowest BCUT2D eigenvalue weighted by atomic mass is 10.2. The Kier molecular flexibility index (Phi) is 7.87. The molecule has 0 heterocycles. The van der Waals surface area contributed by atoms with Crippen molar-refractivity contribution in [2.24, 2.45) is 0 Å². The summed E-state index contributed by atoms with van der Waals surface area (Å²) in [5, 5.41) is 0. The van der Waals surface area contributed by atoms with Gasteiger partial charge in [-0.1, -0.05) is 37.9 Å². The minimum Gasteiger partial charge on any atom is -0.246 e. The van der Waals surface area contributed by atoms with E-state index in [0.717, 1.165) is 14.5 Å². The molecule has 0 fully saturated rings. The third-order valence-electron chi connectivity index (χ3n) is 2.29. The van der Waals surface area contributed by atoms with Gasteiger partial charge < -0.3 is 0 Å². The zero-order valence-corrected chi connectivity index (χ0v) is 16.7. The Morgan fingerprint density at radius 3 is 1.90 bits per heavy atom. The number of benzene rings is 2. The fourth-order valence-electron chi connectivity index (χ4n) is 1.31. The maximum Gasteiger partial charge on any atom is 0.151 e. The summed E-state index contributed by atoms with van der Waals surface area (Å²) in [4.78, 5) is 0. The fraction of sp³-hybridized carbons (Fsp3) is 0.143. The van der Waals surface area contributed by atoms with E-state index in [9.17, 15) is 8.78 Å². The molecule has 108 valence electrons. The van der Waals surface area contributed by atoms with Crippen LogP contribution in [0.5, 0.6) is 0 Å². The summed E-state index contributed by atoms with van der Waals surface area (Å²) >= 11 is 12.7. The number of hydrogen-bond donors (Lipinski definition) is 0. The summed E-state index contributed by atoms with van der Waals surface area (Å²) in [6.45, 7) is 1.49. The molecule has 2 aromatic carbocycles. The van der Waals surface area contributed by atoms with Crippen LogP contribution in [0.4, 0.5) is 8.78 Å². The van der Waals surface area contributed by atoms with Crippen LogP contribution in [0.15, 0.2) is 48.2 Å². The molecule has 0 aromatic heterocycles. The number of alkyl halides is 1. The second-order valence-electron chi connectivity index (χ2n) is 3.91. The lowest BCUT2D eigenvalue weighted by Crippen LogP contribution is -1.81. The maximum absolute atomic E-state index is 12.8. The molecule has 20 heavy (non-hydrogen) atoms. The molecule has 0 spiro atoms. The molecule has 0 nitrogen and oxygen atoms in total. The molecule has 0 amide bonds. The van der Waals surface area contributed by atoms with Gasteiger partial charge in [0.25, 0.3) is 0 Å². The van der Waals surface area contributed by atoms with Gasteiger partial charge in [-0.2, -0.15) is 0 Å². The molecule has 0 aliphatic heterocycles. The largest absolute Gasteiger partial charge is 0.246 e. The van der Waals surface area contributed by atoms with Crippen LogP contribution in [-0.2, 0) is 6.67 Å². The van der Waals surface area contributed by atoms with Crippen LogP contribution < -0.4 is 0 Å². The molecule has 0 N–H and O–H groups in total. The first kappa shape index (κ1) is 18.3. The first-order valence-electron chi connectivity index (χ1n) is 5.46. The molecule has 0 bridgehead atoms. The Morgan fingerprint density at radius 1 is 0.900 bits per heavy atom. The molecule has 0 saturated carbocycles. The third kappa shape index (κ3) is 5.54. The van der Waals surface area contributed by atoms with Gasteiger partial charge in [0, 0.05) is 8.95 Å². The molecular formula is C14H10Br4F2. The van der Waals surface area contributed by atoms with E-state index < -0.39 is 6.67 Å². The normalized spacial score (nSPS) is 9.95. The first-order valence-corrected chi connectivity index (χ1v) is 8.63. The van der Waals surface area contributed by atoms with E-state index in [1.807, 2.05) is 19.1 Å². The summed E-state index contributed by atoms with van der Waals surface area (Å²) in [7, 11) is 0. The van der Waals surface area contributed by atoms with E-state index in [1.165, 1.54) is 0 Å². The van der Waals surface area contributed by atoms with Crippen LogP contribution in [0.1, 0.15) is 11.1 Å². The highest BCUT2D eigenvalue weighted by Gasteiger charge is 2.03. The van der Waals surface area contributed by atoms with Gasteiger partial charge in [-0.05, 0) is 74.2 Å². The van der Waals surface area contributed by atoms with Gasteiger partial charge in [0.05, 0.1) is 8.95 Å². The minimum absolute atomic E-state index is 0.245. The molecule has 0 aliphatic rings. The quantitative estimate of drug-likeness (QED) is 0.335. The van der Waals surface area contributed by atoms with Crippen LogP contribution in [0, 0.1) is 12.7 Å². The van der Waals surface area contributed by atoms with Crippen molar-refractivity contribution < 1.29 is 8.78 Å². The van der Waals surface area contributed by atoms with E-state index in [1.54, 1.807) is 18.2 Å². The van der Waals surface area contributed by atoms with Gasteiger partial charge in [-0.3, -0.25) is 0 Å². The van der Waals surface area contributed by atoms with E-state index in [0.29, 0.717) is 14.5 Å². The van der Waals surface area contributed by atoms with Crippen molar-refractivity contribution in [3.8, 4) is 0 Å². The van der Waals surface area contributed by atoms with Gasteiger partial charge in [0.1, 0.15) is 6.67 Å². The SMILES string of the molecule is Cc1cc(Br)c(F)c(Br)c1.FCc1ccc(Br)cc1Br. The zero-order chi connectivity index (χ0) is 15.3. The summed E-state index contributed by atoms with van der Waals surface area (Å²) in [5.41, 5.74) is 1.71. The Labute approximate surface area is 150 Å². The van der Waals surface area contributed by atoms with Crippen LogP contribution in [0.2, 0.25) is 0 Å². The van der Waals surface area contributed by atoms with Crippen molar-refractivity contribution in [3.63, 3.8) is 0 Å². The Balaban J connectivity index is 0.000000200. The monoisotopic (exact) mass is 532 g/mol. The van der Waals surface area contributed by atoms with E-state index >= 15 is 0 Å². The number of aryl methyl sites for hydroxylation is 1. The van der Waals surface area contributed by atoms with Crippen LogP contribution in [0.3, 0.4) is 0 Å². The van der Waals surface area contributed by atoms with Crippen molar-refractivity contribution in [2.45, 2.75) is 13.6 Å². The lowest BCUT2D eigenvalue weighted by molar-refractivity contribution is 0.484. The van der Waals surface area contributed by atoms with Gasteiger partial charge >= 0.3 is 0 Å². The smallest absolute Gasteiger partial charge is 0.151 e. The summed E-state index contributed by atoms with van der Waals surface area (Å²) < 4.78 is 27.7. The van der Waals surface area contributed by atoms with Crippen LogP contribution >= 0.6 is 63.7 Å². The Hall–Kier alpha value is 0.220. The van der Waals surface area contributed by atoms with Crippen LogP contribution in [0.25, 0.3) is 0 Å². The molecular weight excluding hydrogens is 526 g/mol. The highest BCUT2D eigenvalue weighted by atomic mass is 79.9. The molecule has 6 heteroatoms. The summed E-state index contributed by atoms with van der Waals surface area (Å²) in [5.74, 6) is -0.245. The topological polar surface area (TPSA) is 0 Å². The Bertz CT molecular complexity index is 577. The molecule has 0 atom stereocenters. The molecule has 0 aliphatic carbocycles. The third-order valence-corrected chi connectivity index (χ3v) is 4.67. The molecule has 0 radical (unpaired) electrons. The average Bonchev–Trinajstić information content (AvgIpc) is 2.36. The van der Waals surface area contributed by atoms with Crippen molar-refractivity contribution in [2.75, 3.05) is 0 Å². The average molecular weight is 536 g/mol. The maximum atomic E-state index is 12.8. The number of halogens is 6. The molecule has 2 aromatic rings. The van der Waals surface area contributed by atoms with Crippen molar-refractivity contribution in [1.29, 1.82) is 0 Å². The zero-order valence-electron chi connectivity index (χ0n) is 10.4. The highest BCUT2D eigenvalue weighted by Crippen LogP contribution is 2.25. The first-order chi connectivity index (χ1) is 9.35. The Morgan fingerprint density at radius 2 is 1.45 bits per heavy atom. The van der Waals surface area contributed by atoms with Gasteiger partial charge in [-0.25, -0.2) is 8.78 Å². The highest BCUT2D eigenvalue weighted by molar-refractivity contribution is 9.11. The minimum atomic E-state index is -0.423. The second kappa shape index (κ2) is 8.61. The van der Waals surface area contributed by atoms with Crippen molar-refractivity contribution >= 4 is 63.7 Å². The van der Waals surface area contributed by atoms with E-state index in [4.69, 9.17) is 0 Å². The molecule has 2 rings (SSSR count). The summed E-state index contributed by atoms with van der Waals surface area (Å²) in [6, 6.07) is 8.86. The second-order valence-corrected chi connectivity index (χ2v) is 7.39. The molecule has 0 unspecified atom stereocenters. The molecule has 0 saturated heterocycles. The predicted molar refractivity (Wildman–Crippen MR) is 93.2 cm³/mol. The predicted octanol–water partition coefficient (Wildman–Crippen LogP) is 7.34. The summed E-state index contributed by atoms with van der Waals surface area (Å²) in [6.07, 6.45) is 0. The lowest BCUT2D eigenvalue weighted by Gasteiger charge is -1.98. The standard InChI is InChI=1S/2C7H5Br2F/c1-4-2-5(8)7(10)6(9)3-4;8-6-2-1-5(4-10)7(9)3-6/h2-3H,1H3;1-3H,4H2. The van der Waals surface area contributed by atoms with E-state index in [-0.39, 0.29) is 5.82 Å². The van der Waals surface area contributed by atoms with E-state index in [2.05, 4.69) is 63.7 Å². The van der Waals surface area contributed by atoms with Gasteiger partial charge in [-0.15, -0.1) is 0 Å². The van der Waals surface area contributed by atoms with Crippen molar-refractivity contribution in [1.82, 2.24) is 0 Å². The number of rotatable bonds is 1. The van der Waals surface area contributed by atoms with Gasteiger partial charge in [0.2, 0.25) is 0 Å². The van der Waals surface area contributed by atoms with Crippen LogP contribution in [-0.4, -0.2) is 0 Å². The number of hydrogen-bond acceptors (Lipinski definition) is 0. The van der Waals surface area contributed by atoms with Gasteiger partial charge in [0.15, 0.2) is 5.82 Å².